The van der Waals surface area contributed by atoms with Crippen molar-refractivity contribution in [3.63, 3.8) is 0 Å². The summed E-state index contributed by atoms with van der Waals surface area (Å²) in [5.41, 5.74) is 6.09. The van der Waals surface area contributed by atoms with Gasteiger partial charge in [-0.05, 0) is 36.4 Å². The Morgan fingerprint density at radius 2 is 1.88 bits per heavy atom. The van der Waals surface area contributed by atoms with Crippen LogP contribution < -0.4 is 10.5 Å². The number of nitrogens with two attached hydrogens (primary N) is 1. The Morgan fingerprint density at radius 3 is 2.59 bits per heavy atom. The van der Waals surface area contributed by atoms with Gasteiger partial charge in [0.1, 0.15) is 24.0 Å². The molecule has 0 saturated carbocycles. The number of halogens is 2. The van der Waals surface area contributed by atoms with E-state index in [1.807, 2.05) is 0 Å². The van der Waals surface area contributed by atoms with Crippen molar-refractivity contribution >= 4 is 17.4 Å². The van der Waals surface area contributed by atoms with E-state index in [1.165, 1.54) is 24.3 Å². The van der Waals surface area contributed by atoms with Crippen molar-refractivity contribution in [2.75, 3.05) is 5.73 Å². The third-order valence-corrected chi connectivity index (χ3v) is 2.47. The first-order valence-electron chi connectivity index (χ1n) is 4.94. The number of ether oxygens (including phenoxy) is 1. The number of pyridine rings is 1. The van der Waals surface area contributed by atoms with Crippen LogP contribution in [-0.4, -0.2) is 4.98 Å². The summed E-state index contributed by atoms with van der Waals surface area (Å²) in [5.74, 6) is 0.622. The fourth-order valence-electron chi connectivity index (χ4n) is 1.28. The Morgan fingerprint density at radius 1 is 1.18 bits per heavy atom. The number of hydrogen-bond donors (Lipinski definition) is 1. The van der Waals surface area contributed by atoms with Crippen molar-refractivity contribution in [3.05, 3.63) is 52.9 Å². The molecule has 0 unspecified atom stereocenters. The van der Waals surface area contributed by atoms with Gasteiger partial charge < -0.3 is 10.5 Å². The van der Waals surface area contributed by atoms with Crippen LogP contribution in [0.3, 0.4) is 0 Å². The zero-order chi connectivity index (χ0) is 12.3. The predicted octanol–water partition coefficient (Wildman–Crippen LogP) is 3.04. The van der Waals surface area contributed by atoms with Gasteiger partial charge in [0, 0.05) is 0 Å². The Bertz CT molecular complexity index is 516. The average molecular weight is 253 g/mol. The molecular formula is C12H10ClFN2O. The van der Waals surface area contributed by atoms with Crippen LogP contribution in [0.2, 0.25) is 5.02 Å². The first kappa shape index (κ1) is 11.7. The number of benzene rings is 1. The molecule has 0 aliphatic heterocycles. The summed E-state index contributed by atoms with van der Waals surface area (Å²) in [5, 5.41) is 0.487. The quantitative estimate of drug-likeness (QED) is 0.913. The second-order valence-corrected chi connectivity index (χ2v) is 3.81. The lowest BCUT2D eigenvalue weighted by molar-refractivity contribution is 0.301. The minimum atomic E-state index is -0.308. The maximum Gasteiger partial charge on any atom is 0.132 e. The van der Waals surface area contributed by atoms with E-state index in [-0.39, 0.29) is 12.4 Å². The van der Waals surface area contributed by atoms with Crippen LogP contribution in [0.25, 0.3) is 0 Å². The summed E-state index contributed by atoms with van der Waals surface area (Å²) in [6, 6.07) is 9.00. The Kier molecular flexibility index (Phi) is 3.44. The van der Waals surface area contributed by atoms with E-state index in [9.17, 15) is 4.39 Å². The van der Waals surface area contributed by atoms with Crippen LogP contribution in [-0.2, 0) is 6.61 Å². The largest absolute Gasteiger partial charge is 0.487 e. The van der Waals surface area contributed by atoms with Gasteiger partial charge in [-0.15, -0.1) is 0 Å². The zero-order valence-electron chi connectivity index (χ0n) is 8.86. The standard InChI is InChI=1S/C12H10ClFN2O/c13-10-5-6-12(15)16-11(10)7-17-9-3-1-8(14)2-4-9/h1-6H,7H2,(H2,15,16). The van der Waals surface area contributed by atoms with Gasteiger partial charge in [0.05, 0.1) is 10.7 Å². The molecule has 2 aromatic rings. The van der Waals surface area contributed by atoms with E-state index < -0.39 is 0 Å². The molecular weight excluding hydrogens is 243 g/mol. The Hall–Kier alpha value is -1.81. The molecule has 2 rings (SSSR count). The van der Waals surface area contributed by atoms with Gasteiger partial charge in [-0.1, -0.05) is 11.6 Å². The van der Waals surface area contributed by atoms with Crippen LogP contribution >= 0.6 is 11.6 Å². The minimum absolute atomic E-state index is 0.190. The summed E-state index contributed by atoms with van der Waals surface area (Å²) in [6.07, 6.45) is 0. The maximum atomic E-state index is 12.7. The topological polar surface area (TPSA) is 48.1 Å². The summed E-state index contributed by atoms with van der Waals surface area (Å²) in [6.45, 7) is 0.190. The molecule has 0 saturated heterocycles. The average Bonchev–Trinajstić information content (AvgIpc) is 2.32. The SMILES string of the molecule is Nc1ccc(Cl)c(COc2ccc(F)cc2)n1. The second-order valence-electron chi connectivity index (χ2n) is 3.41. The molecule has 0 atom stereocenters. The van der Waals surface area contributed by atoms with E-state index in [2.05, 4.69) is 4.98 Å². The smallest absolute Gasteiger partial charge is 0.132 e. The third kappa shape index (κ3) is 3.07. The molecule has 0 fully saturated rings. The summed E-state index contributed by atoms with van der Waals surface area (Å²) >= 11 is 5.93. The number of nitrogens with zero attached hydrogens (tertiary/aromatic N) is 1. The first-order valence-corrected chi connectivity index (χ1v) is 5.32. The van der Waals surface area contributed by atoms with Crippen molar-refractivity contribution in [2.45, 2.75) is 6.61 Å². The molecule has 3 nitrogen and oxygen atoms in total. The molecule has 17 heavy (non-hydrogen) atoms. The number of hydrogen-bond acceptors (Lipinski definition) is 3. The molecule has 0 amide bonds. The molecule has 2 N–H and O–H groups in total. The van der Waals surface area contributed by atoms with Crippen LogP contribution in [0.1, 0.15) is 5.69 Å². The predicted molar refractivity (Wildman–Crippen MR) is 64.4 cm³/mol. The third-order valence-electron chi connectivity index (χ3n) is 2.13. The van der Waals surface area contributed by atoms with Gasteiger partial charge in [0.15, 0.2) is 0 Å². The van der Waals surface area contributed by atoms with Gasteiger partial charge in [0.2, 0.25) is 0 Å². The van der Waals surface area contributed by atoms with E-state index in [0.717, 1.165) is 0 Å². The molecule has 0 spiro atoms. The number of rotatable bonds is 3. The highest BCUT2D eigenvalue weighted by molar-refractivity contribution is 6.31. The summed E-state index contributed by atoms with van der Waals surface area (Å²) < 4.78 is 18.1. The lowest BCUT2D eigenvalue weighted by atomic mass is 10.3. The molecule has 1 heterocycles. The van der Waals surface area contributed by atoms with Crippen molar-refractivity contribution in [3.8, 4) is 5.75 Å². The van der Waals surface area contributed by atoms with Crippen molar-refractivity contribution in [2.24, 2.45) is 0 Å². The fourth-order valence-corrected chi connectivity index (χ4v) is 1.44. The Labute approximate surface area is 103 Å². The van der Waals surface area contributed by atoms with E-state index in [4.69, 9.17) is 22.1 Å². The van der Waals surface area contributed by atoms with Crippen LogP contribution in [0, 0.1) is 5.82 Å². The number of anilines is 1. The zero-order valence-corrected chi connectivity index (χ0v) is 9.62. The second kappa shape index (κ2) is 5.01. The molecule has 1 aromatic carbocycles. The molecule has 0 aliphatic rings. The highest BCUT2D eigenvalue weighted by Crippen LogP contribution is 2.18. The van der Waals surface area contributed by atoms with Crippen molar-refractivity contribution in [1.29, 1.82) is 0 Å². The normalized spacial score (nSPS) is 10.2. The molecule has 0 aliphatic carbocycles. The van der Waals surface area contributed by atoms with Gasteiger partial charge in [-0.3, -0.25) is 0 Å². The van der Waals surface area contributed by atoms with Crippen molar-refractivity contribution < 1.29 is 9.13 Å². The highest BCUT2D eigenvalue weighted by atomic mass is 35.5. The number of aromatic nitrogens is 1. The van der Waals surface area contributed by atoms with Gasteiger partial charge in [0.25, 0.3) is 0 Å². The molecule has 1 aromatic heterocycles. The lowest BCUT2D eigenvalue weighted by Crippen LogP contribution is -2.01. The van der Waals surface area contributed by atoms with Gasteiger partial charge in [-0.25, -0.2) is 9.37 Å². The summed E-state index contributed by atoms with van der Waals surface area (Å²) in [4.78, 5) is 4.05. The van der Waals surface area contributed by atoms with Gasteiger partial charge >= 0.3 is 0 Å². The molecule has 5 heteroatoms. The molecule has 0 radical (unpaired) electrons. The van der Waals surface area contributed by atoms with Gasteiger partial charge in [-0.2, -0.15) is 0 Å². The van der Waals surface area contributed by atoms with Crippen molar-refractivity contribution in [1.82, 2.24) is 4.98 Å². The molecule has 0 bridgehead atoms. The minimum Gasteiger partial charge on any atom is -0.487 e. The molecule has 88 valence electrons. The van der Waals surface area contributed by atoms with Crippen LogP contribution in [0.5, 0.6) is 5.75 Å². The highest BCUT2D eigenvalue weighted by Gasteiger charge is 2.04. The number of nitrogen functional groups attached to an aromatic ring is 1. The van der Waals surface area contributed by atoms with Crippen LogP contribution in [0.4, 0.5) is 10.2 Å². The van der Waals surface area contributed by atoms with E-state index in [0.29, 0.717) is 22.3 Å². The first-order chi connectivity index (χ1) is 8.15. The van der Waals surface area contributed by atoms with Crippen LogP contribution in [0.15, 0.2) is 36.4 Å². The summed E-state index contributed by atoms with van der Waals surface area (Å²) in [7, 11) is 0. The monoisotopic (exact) mass is 252 g/mol. The Balaban J connectivity index is 2.07. The maximum absolute atomic E-state index is 12.7. The lowest BCUT2D eigenvalue weighted by Gasteiger charge is -2.07. The van der Waals surface area contributed by atoms with E-state index in [1.54, 1.807) is 12.1 Å². The fraction of sp³-hybridized carbons (Fsp3) is 0.0833. The van der Waals surface area contributed by atoms with E-state index >= 15 is 0 Å².